The smallest absolute Gasteiger partial charge is 0.290 e. The summed E-state index contributed by atoms with van der Waals surface area (Å²) in [4.78, 5) is 28.3. The van der Waals surface area contributed by atoms with Crippen LogP contribution >= 0.6 is 0 Å². The molecule has 1 N–H and O–H groups in total. The molecule has 1 atom stereocenters. The molecule has 0 radical (unpaired) electrons. The van der Waals surface area contributed by atoms with Gasteiger partial charge in [0, 0.05) is 49.7 Å². The van der Waals surface area contributed by atoms with E-state index in [1.165, 1.54) is 36.5 Å². The van der Waals surface area contributed by atoms with Gasteiger partial charge < -0.3 is 19.5 Å². The van der Waals surface area contributed by atoms with Gasteiger partial charge >= 0.3 is 0 Å². The van der Waals surface area contributed by atoms with Gasteiger partial charge in [-0.05, 0) is 36.6 Å². The molecule has 11 heteroatoms. The topological polar surface area (TPSA) is 103 Å². The summed E-state index contributed by atoms with van der Waals surface area (Å²) in [6.07, 6.45) is 4.47. The zero-order chi connectivity index (χ0) is 29.7. The first kappa shape index (κ1) is 18.2. The molecule has 1 aromatic carbocycles. The maximum atomic E-state index is 14.3. The zero-order valence-corrected chi connectivity index (χ0v) is 19.9. The number of ether oxygens (including phenoxy) is 1. The second-order valence-corrected chi connectivity index (χ2v) is 8.43. The summed E-state index contributed by atoms with van der Waals surface area (Å²) < 4.78 is 61.5. The Morgan fingerprint density at radius 1 is 1.28 bits per heavy atom. The fourth-order valence-electron chi connectivity index (χ4n) is 4.02. The van der Waals surface area contributed by atoms with Crippen LogP contribution in [0.15, 0.2) is 42.9 Å². The van der Waals surface area contributed by atoms with Crippen molar-refractivity contribution in [1.29, 1.82) is 0 Å². The molecule has 10 nitrogen and oxygen atoms in total. The monoisotopic (exact) mass is 495 g/mol. The number of hydrogen-bond acceptors (Lipinski definition) is 7. The first-order valence-electron chi connectivity index (χ1n) is 13.6. The molecule has 0 spiro atoms. The average Bonchev–Trinajstić information content (AvgIpc) is 3.56. The van der Waals surface area contributed by atoms with Crippen LogP contribution in [0.5, 0.6) is 0 Å². The van der Waals surface area contributed by atoms with E-state index in [-0.39, 0.29) is 30.7 Å². The van der Waals surface area contributed by atoms with Gasteiger partial charge in [0.1, 0.15) is 17.3 Å². The molecule has 1 unspecified atom stereocenters. The van der Waals surface area contributed by atoms with Crippen molar-refractivity contribution in [3.63, 3.8) is 0 Å². The van der Waals surface area contributed by atoms with Crippen molar-refractivity contribution in [3.05, 3.63) is 71.2 Å². The Morgan fingerprint density at radius 2 is 2.14 bits per heavy atom. The minimum atomic E-state index is -2.51. The van der Waals surface area contributed by atoms with Crippen LogP contribution in [0.1, 0.15) is 34.2 Å². The Labute approximate surface area is 214 Å². The van der Waals surface area contributed by atoms with Crippen LogP contribution in [-0.2, 0) is 24.8 Å². The van der Waals surface area contributed by atoms with E-state index in [9.17, 15) is 9.18 Å². The molecule has 186 valence electrons. The third-order valence-corrected chi connectivity index (χ3v) is 5.91. The second kappa shape index (κ2) is 9.50. The van der Waals surface area contributed by atoms with Crippen LogP contribution in [0.3, 0.4) is 0 Å². The van der Waals surface area contributed by atoms with Gasteiger partial charge in [-0.2, -0.15) is 5.10 Å². The van der Waals surface area contributed by atoms with Crippen molar-refractivity contribution in [2.45, 2.75) is 33.0 Å². The largest absolute Gasteiger partial charge is 0.382 e. The molecule has 0 saturated carbocycles. The molecule has 1 amide bonds. The number of nitrogens with one attached hydrogen (secondary N) is 1. The number of amides is 1. The summed E-state index contributed by atoms with van der Waals surface area (Å²) in [6.45, 7) is -1.36. The molecule has 1 aliphatic heterocycles. The summed E-state index contributed by atoms with van der Waals surface area (Å²) in [5.74, 6) is -0.671. The van der Waals surface area contributed by atoms with Crippen LogP contribution in [0.2, 0.25) is 0 Å². The molecule has 0 fully saturated rings. The van der Waals surface area contributed by atoms with Crippen LogP contribution in [0.25, 0.3) is 11.4 Å². The number of nitrogens with zero attached hydrogens (tertiary/aromatic N) is 7. The highest BCUT2D eigenvalue weighted by Gasteiger charge is 2.35. The Balaban J connectivity index is 1.50. The lowest BCUT2D eigenvalue weighted by molar-refractivity contribution is 0.0380. The quantitative estimate of drug-likeness (QED) is 0.420. The Hall–Kier alpha value is -4.12. The summed E-state index contributed by atoms with van der Waals surface area (Å²) >= 11 is 0. The van der Waals surface area contributed by atoms with Crippen molar-refractivity contribution >= 4 is 17.7 Å². The number of anilines is 2. The van der Waals surface area contributed by atoms with Crippen molar-refractivity contribution in [2.24, 2.45) is 6.98 Å². The molecular formula is C25H27FN8O2. The van der Waals surface area contributed by atoms with E-state index in [2.05, 4.69) is 25.4 Å². The number of hydrogen-bond donors (Lipinski definition) is 1. The van der Waals surface area contributed by atoms with Gasteiger partial charge in [0.05, 0.1) is 27.2 Å². The molecule has 5 rings (SSSR count). The third kappa shape index (κ3) is 4.44. The third-order valence-electron chi connectivity index (χ3n) is 5.91. The molecule has 3 aromatic heterocycles. The van der Waals surface area contributed by atoms with E-state index >= 15 is 0 Å². The first-order chi connectivity index (χ1) is 19.3. The summed E-state index contributed by atoms with van der Waals surface area (Å²) in [7, 11) is 1.22. The molecule has 36 heavy (non-hydrogen) atoms. The predicted octanol–water partition coefficient (Wildman–Crippen LogP) is 3.24. The van der Waals surface area contributed by atoms with E-state index in [1.807, 2.05) is 0 Å². The van der Waals surface area contributed by atoms with Crippen LogP contribution in [0.4, 0.5) is 16.2 Å². The zero-order valence-electron chi connectivity index (χ0n) is 24.9. The summed E-state index contributed by atoms with van der Waals surface area (Å²) in [5.41, 5.74) is 2.31. The van der Waals surface area contributed by atoms with Gasteiger partial charge in [0.2, 0.25) is 5.95 Å². The maximum Gasteiger partial charge on any atom is 0.290 e. The van der Waals surface area contributed by atoms with Gasteiger partial charge in [-0.25, -0.2) is 19.3 Å². The van der Waals surface area contributed by atoms with Crippen molar-refractivity contribution in [2.75, 3.05) is 19.0 Å². The summed E-state index contributed by atoms with van der Waals surface area (Å²) in [6, 6.07) is 5.05. The number of halogens is 1. The standard InChI is InChI=1S/C25H27FN8O2/c1-15-5-6-17(9-19(15)26)11-34-18(14-36-4)12-33-13-20(29-23(33)24(34)35)22-16(2)10-27-25(31-22)30-21-7-8-28-32(21)3/h5-10,13,18H,11-12,14H2,1-4H3,(H,27,30,31)/i3D3,14D2. The number of rotatable bonds is 7. The number of aryl methyl sites for hydroxylation is 3. The molecule has 0 saturated heterocycles. The van der Waals surface area contributed by atoms with Crippen LogP contribution in [0, 0.1) is 19.7 Å². The number of benzene rings is 1. The molecule has 0 aliphatic carbocycles. The Morgan fingerprint density at radius 3 is 2.92 bits per heavy atom. The van der Waals surface area contributed by atoms with Gasteiger partial charge in [-0.1, -0.05) is 12.1 Å². The SMILES string of the molecule is [2H]C([2H])(OC)C1Cn2cc(-c3nc(Nc4ccnn4C([2H])([2H])[2H])ncc3C)nc2C(=O)N1Cc1ccc(C)c(F)c1. The first-order valence-corrected chi connectivity index (χ1v) is 11.1. The molecular weight excluding hydrogens is 463 g/mol. The lowest BCUT2D eigenvalue weighted by Gasteiger charge is -2.35. The van der Waals surface area contributed by atoms with Gasteiger partial charge in [-0.3, -0.25) is 9.48 Å². The Bertz CT molecular complexity index is 1620. The van der Waals surface area contributed by atoms with E-state index in [1.54, 1.807) is 36.7 Å². The predicted molar refractivity (Wildman–Crippen MR) is 131 cm³/mol. The van der Waals surface area contributed by atoms with Crippen LogP contribution < -0.4 is 5.32 Å². The number of aromatic nitrogens is 6. The number of carbonyl (C=O) groups excluding carboxylic acids is 1. The van der Waals surface area contributed by atoms with Crippen molar-refractivity contribution in [1.82, 2.24) is 34.2 Å². The number of fused-ring (bicyclic) bond motifs is 1. The van der Waals surface area contributed by atoms with E-state index in [4.69, 9.17) is 11.6 Å². The summed E-state index contributed by atoms with van der Waals surface area (Å²) in [5, 5.41) is 6.69. The fraction of sp³-hybridized carbons (Fsp3) is 0.320. The van der Waals surface area contributed by atoms with Crippen molar-refractivity contribution in [3.8, 4) is 11.4 Å². The lowest BCUT2D eigenvalue weighted by atomic mass is 10.1. The highest BCUT2D eigenvalue weighted by atomic mass is 19.1. The minimum Gasteiger partial charge on any atom is -0.382 e. The average molecular weight is 496 g/mol. The fourth-order valence-corrected chi connectivity index (χ4v) is 4.02. The van der Waals surface area contributed by atoms with Crippen LogP contribution in [-0.4, -0.2) is 59.8 Å². The lowest BCUT2D eigenvalue weighted by Crippen LogP contribution is -2.49. The molecule has 4 heterocycles. The van der Waals surface area contributed by atoms with Gasteiger partial charge in [0.25, 0.3) is 5.91 Å². The normalized spacial score (nSPS) is 18.1. The Kier molecular flexibility index (Phi) is 4.80. The van der Waals surface area contributed by atoms with Gasteiger partial charge in [-0.15, -0.1) is 0 Å². The van der Waals surface area contributed by atoms with E-state index < -0.39 is 31.3 Å². The maximum absolute atomic E-state index is 14.3. The highest BCUT2D eigenvalue weighted by Crippen LogP contribution is 2.27. The van der Waals surface area contributed by atoms with E-state index in [0.29, 0.717) is 28.1 Å². The molecule has 1 aliphatic rings. The van der Waals surface area contributed by atoms with Crippen molar-refractivity contribution < 1.29 is 20.8 Å². The molecule has 4 aromatic rings. The molecule has 0 bridgehead atoms. The number of carbonyl (C=O) groups is 1. The minimum absolute atomic E-state index is 0.0241. The van der Waals surface area contributed by atoms with E-state index in [0.717, 1.165) is 4.68 Å². The number of methoxy groups -OCH3 is 1. The highest BCUT2D eigenvalue weighted by molar-refractivity contribution is 5.92. The van der Waals surface area contributed by atoms with Gasteiger partial charge in [0.15, 0.2) is 5.82 Å². The second-order valence-electron chi connectivity index (χ2n) is 8.43. The number of imidazole rings is 1.